The minimum Gasteiger partial charge on any atom is -0.381 e. The van der Waals surface area contributed by atoms with Crippen molar-refractivity contribution in [3.8, 4) is 0 Å². The van der Waals surface area contributed by atoms with Crippen molar-refractivity contribution in [2.75, 3.05) is 19.8 Å². The molecule has 1 aromatic rings. The van der Waals surface area contributed by atoms with Gasteiger partial charge in [-0.15, -0.1) is 11.3 Å². The van der Waals surface area contributed by atoms with Crippen LogP contribution in [-0.2, 0) is 13.8 Å². The summed E-state index contributed by atoms with van der Waals surface area (Å²) in [6, 6.07) is 0. The molecule has 1 amide bonds. The molecule has 0 spiro atoms. The quantitative estimate of drug-likeness (QED) is 0.576. The topological polar surface area (TPSA) is 72.5 Å². The normalized spacial score (nSPS) is 11.9. The van der Waals surface area contributed by atoms with Crippen LogP contribution >= 0.6 is 22.0 Å². The Morgan fingerprint density at radius 1 is 1.48 bits per heavy atom. The molecule has 0 fully saturated rings. The first-order chi connectivity index (χ1) is 9.73. The van der Waals surface area contributed by atoms with Gasteiger partial charge in [-0.3, -0.25) is 4.79 Å². The van der Waals surface area contributed by atoms with Gasteiger partial charge in [-0.1, -0.05) is 13.8 Å². The van der Waals surface area contributed by atoms with Crippen molar-refractivity contribution in [3.05, 3.63) is 16.5 Å². The molecule has 8 heteroatoms. The largest absolute Gasteiger partial charge is 0.381 e. The standard InChI is InChI=1S/C13H20ClNO4S2/c1-9(2)7-19-6-4-5-15-12(16)11-8-20-13(10(11)3)21(14,17)18/h8-9H,4-7H2,1-3H3,(H,15,16). The molecule has 0 unspecified atom stereocenters. The average Bonchev–Trinajstić information content (AvgIpc) is 2.74. The summed E-state index contributed by atoms with van der Waals surface area (Å²) in [6.45, 7) is 7.49. The molecule has 0 aliphatic heterocycles. The van der Waals surface area contributed by atoms with E-state index < -0.39 is 9.05 Å². The highest BCUT2D eigenvalue weighted by Gasteiger charge is 2.21. The van der Waals surface area contributed by atoms with Gasteiger partial charge in [0, 0.05) is 35.8 Å². The van der Waals surface area contributed by atoms with Crippen molar-refractivity contribution in [2.24, 2.45) is 5.92 Å². The number of carbonyl (C=O) groups excluding carboxylic acids is 1. The summed E-state index contributed by atoms with van der Waals surface area (Å²) in [5.41, 5.74) is 0.742. The van der Waals surface area contributed by atoms with Crippen LogP contribution in [0.5, 0.6) is 0 Å². The predicted octanol–water partition coefficient (Wildman–Crippen LogP) is 2.78. The molecular formula is C13H20ClNO4S2. The van der Waals surface area contributed by atoms with Gasteiger partial charge in [0.25, 0.3) is 15.0 Å². The maximum atomic E-state index is 12.0. The Morgan fingerprint density at radius 3 is 2.67 bits per heavy atom. The van der Waals surface area contributed by atoms with Crippen LogP contribution in [0.2, 0.25) is 0 Å². The van der Waals surface area contributed by atoms with Gasteiger partial charge >= 0.3 is 0 Å². The van der Waals surface area contributed by atoms with Crippen molar-refractivity contribution >= 4 is 37.0 Å². The van der Waals surface area contributed by atoms with E-state index in [9.17, 15) is 13.2 Å². The number of rotatable bonds is 8. The summed E-state index contributed by atoms with van der Waals surface area (Å²) in [6.07, 6.45) is 0.711. The molecule has 0 aromatic carbocycles. The predicted molar refractivity (Wildman–Crippen MR) is 84.7 cm³/mol. The lowest BCUT2D eigenvalue weighted by Gasteiger charge is -2.07. The minimum absolute atomic E-state index is 0.0228. The molecule has 0 saturated heterocycles. The second kappa shape index (κ2) is 8.12. The fourth-order valence-corrected chi connectivity index (χ4v) is 4.20. The summed E-state index contributed by atoms with van der Waals surface area (Å²) >= 11 is 0.957. The molecule has 0 atom stereocenters. The van der Waals surface area contributed by atoms with Crippen molar-refractivity contribution in [1.82, 2.24) is 5.32 Å². The van der Waals surface area contributed by atoms with Gasteiger partial charge in [0.2, 0.25) is 0 Å². The highest BCUT2D eigenvalue weighted by Crippen LogP contribution is 2.29. The zero-order chi connectivity index (χ0) is 16.0. The number of halogens is 1. The summed E-state index contributed by atoms with van der Waals surface area (Å²) in [4.78, 5) is 12.0. The first kappa shape index (κ1) is 18.4. The zero-order valence-corrected chi connectivity index (χ0v) is 14.7. The lowest BCUT2D eigenvalue weighted by atomic mass is 10.2. The third-order valence-electron chi connectivity index (χ3n) is 2.66. The summed E-state index contributed by atoms with van der Waals surface area (Å²) < 4.78 is 28.0. The van der Waals surface area contributed by atoms with Gasteiger partial charge in [0.15, 0.2) is 0 Å². The molecule has 0 aliphatic rings. The van der Waals surface area contributed by atoms with E-state index in [1.165, 1.54) is 5.38 Å². The Balaban J connectivity index is 2.45. The lowest BCUT2D eigenvalue weighted by Crippen LogP contribution is -2.25. The Morgan fingerprint density at radius 2 is 2.14 bits per heavy atom. The van der Waals surface area contributed by atoms with Crippen molar-refractivity contribution in [3.63, 3.8) is 0 Å². The van der Waals surface area contributed by atoms with Crippen LogP contribution in [0.3, 0.4) is 0 Å². The molecule has 0 radical (unpaired) electrons. The maximum Gasteiger partial charge on any atom is 0.271 e. The molecule has 120 valence electrons. The number of hydrogen-bond acceptors (Lipinski definition) is 5. The molecular weight excluding hydrogens is 334 g/mol. The van der Waals surface area contributed by atoms with Crippen molar-refractivity contribution < 1.29 is 17.9 Å². The van der Waals surface area contributed by atoms with E-state index in [2.05, 4.69) is 19.2 Å². The fourth-order valence-electron chi connectivity index (χ4n) is 1.65. The van der Waals surface area contributed by atoms with Gasteiger partial charge in [-0.05, 0) is 24.8 Å². The Kier molecular flexibility index (Phi) is 7.12. The van der Waals surface area contributed by atoms with Gasteiger partial charge in [-0.25, -0.2) is 8.42 Å². The number of ether oxygens (including phenoxy) is 1. The Hall–Kier alpha value is -0.630. The zero-order valence-electron chi connectivity index (χ0n) is 12.3. The van der Waals surface area contributed by atoms with Crippen molar-refractivity contribution in [2.45, 2.75) is 31.4 Å². The molecule has 0 bridgehead atoms. The Bertz CT molecular complexity index is 581. The molecule has 1 rings (SSSR count). The van der Waals surface area contributed by atoms with Gasteiger partial charge in [-0.2, -0.15) is 0 Å². The van der Waals surface area contributed by atoms with Crippen LogP contribution in [0.25, 0.3) is 0 Å². The number of carbonyl (C=O) groups is 1. The SMILES string of the molecule is Cc1c(C(=O)NCCCOCC(C)C)csc1S(=O)(=O)Cl. The average molecular weight is 354 g/mol. The number of thiophene rings is 1. The Labute approximate surface area is 134 Å². The van der Waals surface area contributed by atoms with Crippen molar-refractivity contribution in [1.29, 1.82) is 0 Å². The lowest BCUT2D eigenvalue weighted by molar-refractivity contribution is 0.0924. The molecule has 0 saturated carbocycles. The van der Waals surface area contributed by atoms with Crippen LogP contribution in [-0.4, -0.2) is 34.1 Å². The van der Waals surface area contributed by atoms with Gasteiger partial charge in [0.05, 0.1) is 5.56 Å². The van der Waals surface area contributed by atoms with Crippen LogP contribution in [0, 0.1) is 12.8 Å². The van der Waals surface area contributed by atoms with Gasteiger partial charge in [0.1, 0.15) is 4.21 Å². The molecule has 1 heterocycles. The number of hydrogen-bond donors (Lipinski definition) is 1. The van der Waals surface area contributed by atoms with E-state index in [-0.39, 0.29) is 10.1 Å². The third-order valence-corrected chi connectivity index (χ3v) is 5.97. The fraction of sp³-hybridized carbons (Fsp3) is 0.615. The van der Waals surface area contributed by atoms with Crippen LogP contribution < -0.4 is 5.32 Å². The summed E-state index contributed by atoms with van der Waals surface area (Å²) in [5.74, 6) is 0.197. The maximum absolute atomic E-state index is 12.0. The number of nitrogens with one attached hydrogen (secondary N) is 1. The monoisotopic (exact) mass is 353 g/mol. The molecule has 1 N–H and O–H groups in total. The smallest absolute Gasteiger partial charge is 0.271 e. The third kappa shape index (κ3) is 5.94. The summed E-state index contributed by atoms with van der Waals surface area (Å²) in [5, 5.41) is 4.25. The van der Waals surface area contributed by atoms with Gasteiger partial charge < -0.3 is 10.1 Å². The van der Waals surface area contributed by atoms with Crippen LogP contribution in [0.4, 0.5) is 0 Å². The van der Waals surface area contributed by atoms with Crippen LogP contribution in [0.15, 0.2) is 9.59 Å². The molecule has 0 aliphatic carbocycles. The van der Waals surface area contributed by atoms with E-state index in [0.29, 0.717) is 43.2 Å². The first-order valence-electron chi connectivity index (χ1n) is 6.62. The molecule has 21 heavy (non-hydrogen) atoms. The van der Waals surface area contributed by atoms with E-state index >= 15 is 0 Å². The minimum atomic E-state index is -3.80. The second-order valence-corrected chi connectivity index (χ2v) is 8.72. The first-order valence-corrected chi connectivity index (χ1v) is 9.81. The van der Waals surface area contributed by atoms with E-state index in [4.69, 9.17) is 15.4 Å². The van der Waals surface area contributed by atoms with E-state index in [0.717, 1.165) is 11.3 Å². The van der Waals surface area contributed by atoms with E-state index in [1.807, 2.05) is 0 Å². The highest BCUT2D eigenvalue weighted by atomic mass is 35.7. The van der Waals surface area contributed by atoms with Crippen LogP contribution in [0.1, 0.15) is 36.2 Å². The molecule has 1 aromatic heterocycles. The number of amides is 1. The van der Waals surface area contributed by atoms with E-state index in [1.54, 1.807) is 6.92 Å². The second-order valence-electron chi connectivity index (χ2n) is 5.08. The summed E-state index contributed by atoms with van der Waals surface area (Å²) in [7, 11) is 1.51. The highest BCUT2D eigenvalue weighted by molar-refractivity contribution is 8.15. The molecule has 5 nitrogen and oxygen atoms in total.